The highest BCUT2D eigenvalue weighted by Gasteiger charge is 2.17. The van der Waals surface area contributed by atoms with Gasteiger partial charge in [-0.1, -0.05) is 67.6 Å². The van der Waals surface area contributed by atoms with Crippen LogP contribution in [0.25, 0.3) is 0 Å². The molecular weight excluding hydrogens is 278 g/mol. The summed E-state index contributed by atoms with van der Waals surface area (Å²) in [6, 6.07) is 0. The van der Waals surface area contributed by atoms with Gasteiger partial charge in [0.25, 0.3) is 0 Å². The first kappa shape index (κ1) is 16.8. The molecule has 0 N–H and O–H groups in total. The van der Waals surface area contributed by atoms with E-state index in [1.807, 2.05) is 4.99 Å². The quantitative estimate of drug-likeness (QED) is 0.370. The predicted molar refractivity (Wildman–Crippen MR) is 79.4 cm³/mol. The van der Waals surface area contributed by atoms with Gasteiger partial charge in [-0.2, -0.15) is 4.91 Å². The second kappa shape index (κ2) is 9.81. The van der Waals surface area contributed by atoms with Crippen molar-refractivity contribution >= 4 is 15.9 Å². The average Bonchev–Trinajstić information content (AvgIpc) is 2.30. The Balaban J connectivity index is 3.86. The van der Waals surface area contributed by atoms with Crippen molar-refractivity contribution in [2.75, 3.05) is 6.54 Å². The van der Waals surface area contributed by atoms with Gasteiger partial charge in [0.05, 0.1) is 0 Å². The van der Waals surface area contributed by atoms with Gasteiger partial charge in [-0.05, 0) is 35.2 Å². The lowest BCUT2D eigenvalue weighted by Crippen LogP contribution is -2.11. The van der Waals surface area contributed by atoms with Gasteiger partial charge in [-0.25, -0.2) is 0 Å². The molecule has 0 rings (SSSR count). The minimum atomic E-state index is 0.317. The second-order valence-electron chi connectivity index (χ2n) is 5.53. The van der Waals surface area contributed by atoms with Gasteiger partial charge in [-0.3, -0.25) is 0 Å². The summed E-state index contributed by atoms with van der Waals surface area (Å²) in [5.74, 6) is 0. The first-order valence-electron chi connectivity index (χ1n) is 6.63. The van der Waals surface area contributed by atoms with E-state index < -0.39 is 0 Å². The van der Waals surface area contributed by atoms with Crippen LogP contribution in [0.3, 0.4) is 0 Å². The van der Waals surface area contributed by atoms with Crippen molar-refractivity contribution in [1.29, 1.82) is 0 Å². The lowest BCUT2D eigenvalue weighted by molar-refractivity contribution is 0.294. The van der Waals surface area contributed by atoms with Crippen LogP contribution < -0.4 is 0 Å². The Labute approximate surface area is 114 Å². The fourth-order valence-corrected chi connectivity index (χ4v) is 2.28. The fraction of sp³-hybridized carbons (Fsp3) is 0.857. The summed E-state index contributed by atoms with van der Waals surface area (Å²) in [5.41, 5.74) is 1.47. The van der Waals surface area contributed by atoms with Crippen molar-refractivity contribution in [3.63, 3.8) is 0 Å². The molecule has 3 heteroatoms. The Hall–Kier alpha value is -0.180. The SMILES string of the molecule is CCCCCCC(C)(C)CC/C(=C/Br)CN=O. The predicted octanol–water partition coefficient (Wildman–Crippen LogP) is 5.81. The molecule has 0 atom stereocenters. The molecule has 0 aromatic heterocycles. The van der Waals surface area contributed by atoms with Crippen LogP contribution in [0.15, 0.2) is 15.7 Å². The highest BCUT2D eigenvalue weighted by atomic mass is 79.9. The maximum atomic E-state index is 10.2. The molecule has 0 aromatic rings. The summed E-state index contributed by atoms with van der Waals surface area (Å²) < 4.78 is 0. The number of hydrogen-bond acceptors (Lipinski definition) is 2. The highest BCUT2D eigenvalue weighted by molar-refractivity contribution is 9.11. The minimum Gasteiger partial charge on any atom is -0.150 e. The minimum absolute atomic E-state index is 0.317. The van der Waals surface area contributed by atoms with Crippen molar-refractivity contribution in [2.24, 2.45) is 10.6 Å². The zero-order valence-corrected chi connectivity index (χ0v) is 13.1. The van der Waals surface area contributed by atoms with Crippen LogP contribution in [0.4, 0.5) is 0 Å². The van der Waals surface area contributed by atoms with Crippen LogP contribution in [-0.2, 0) is 0 Å². The van der Waals surface area contributed by atoms with Crippen LogP contribution in [-0.4, -0.2) is 6.54 Å². The Morgan fingerprint density at radius 1 is 1.24 bits per heavy atom. The molecule has 0 saturated heterocycles. The van der Waals surface area contributed by atoms with Crippen molar-refractivity contribution in [3.05, 3.63) is 15.5 Å². The van der Waals surface area contributed by atoms with Crippen molar-refractivity contribution in [2.45, 2.75) is 65.7 Å². The molecule has 100 valence electrons. The molecule has 0 aliphatic heterocycles. The summed E-state index contributed by atoms with van der Waals surface area (Å²) in [6.45, 7) is 7.19. The van der Waals surface area contributed by atoms with Gasteiger partial charge in [0.1, 0.15) is 6.54 Å². The Morgan fingerprint density at radius 3 is 2.47 bits per heavy atom. The van der Waals surface area contributed by atoms with Crippen molar-refractivity contribution in [3.8, 4) is 0 Å². The van der Waals surface area contributed by atoms with Crippen LogP contribution in [0.2, 0.25) is 0 Å². The molecule has 17 heavy (non-hydrogen) atoms. The van der Waals surface area contributed by atoms with Crippen LogP contribution >= 0.6 is 15.9 Å². The van der Waals surface area contributed by atoms with E-state index in [2.05, 4.69) is 41.9 Å². The molecule has 0 bridgehead atoms. The van der Waals surface area contributed by atoms with Crippen molar-refractivity contribution in [1.82, 2.24) is 0 Å². The average molecular weight is 304 g/mol. The van der Waals surface area contributed by atoms with Gasteiger partial charge in [0.15, 0.2) is 0 Å². The van der Waals surface area contributed by atoms with Crippen LogP contribution in [0.1, 0.15) is 65.7 Å². The van der Waals surface area contributed by atoms with Crippen LogP contribution in [0, 0.1) is 10.3 Å². The van der Waals surface area contributed by atoms with Gasteiger partial charge in [-0.15, -0.1) is 0 Å². The van der Waals surface area contributed by atoms with E-state index in [1.54, 1.807) is 0 Å². The largest absolute Gasteiger partial charge is 0.150 e. The molecular formula is C14H26BrNO. The summed E-state index contributed by atoms with van der Waals surface area (Å²) >= 11 is 3.30. The summed E-state index contributed by atoms with van der Waals surface area (Å²) in [4.78, 5) is 12.1. The topological polar surface area (TPSA) is 29.4 Å². The van der Waals surface area contributed by atoms with Crippen molar-refractivity contribution < 1.29 is 0 Å². The monoisotopic (exact) mass is 303 g/mol. The molecule has 0 fully saturated rings. The first-order valence-corrected chi connectivity index (χ1v) is 7.54. The molecule has 0 aromatic carbocycles. The summed E-state index contributed by atoms with van der Waals surface area (Å²) in [7, 11) is 0. The van der Waals surface area contributed by atoms with Crippen LogP contribution in [0.5, 0.6) is 0 Å². The van der Waals surface area contributed by atoms with E-state index in [-0.39, 0.29) is 0 Å². The molecule has 0 radical (unpaired) electrons. The molecule has 0 aliphatic carbocycles. The Bertz CT molecular complexity index is 236. The van der Waals surface area contributed by atoms with E-state index in [4.69, 9.17) is 0 Å². The number of rotatable bonds is 10. The fourth-order valence-electron chi connectivity index (χ4n) is 1.91. The zero-order valence-electron chi connectivity index (χ0n) is 11.5. The van der Waals surface area contributed by atoms with Gasteiger partial charge >= 0.3 is 0 Å². The number of nitrogens with zero attached hydrogens (tertiary/aromatic N) is 1. The molecule has 0 unspecified atom stereocenters. The zero-order chi connectivity index (χ0) is 13.1. The molecule has 0 spiro atoms. The van der Waals surface area contributed by atoms with E-state index in [0.29, 0.717) is 12.0 Å². The molecule has 0 saturated carbocycles. The van der Waals surface area contributed by atoms with E-state index >= 15 is 0 Å². The third-order valence-corrected chi connectivity index (χ3v) is 3.90. The smallest absolute Gasteiger partial charge is 0.103 e. The number of unbranched alkanes of at least 4 members (excludes halogenated alkanes) is 3. The first-order chi connectivity index (χ1) is 8.05. The third-order valence-electron chi connectivity index (χ3n) is 3.25. The van der Waals surface area contributed by atoms with Gasteiger partial charge in [0, 0.05) is 0 Å². The maximum absolute atomic E-state index is 10.2. The molecule has 0 amide bonds. The third kappa shape index (κ3) is 9.51. The number of nitroso groups, excluding NO2 is 1. The Morgan fingerprint density at radius 2 is 1.94 bits per heavy atom. The number of halogens is 1. The van der Waals surface area contributed by atoms with Gasteiger partial charge < -0.3 is 0 Å². The normalized spacial score (nSPS) is 12.8. The second-order valence-corrected chi connectivity index (χ2v) is 5.99. The lowest BCUT2D eigenvalue weighted by Gasteiger charge is -2.24. The molecule has 0 aliphatic rings. The van der Waals surface area contributed by atoms with E-state index in [9.17, 15) is 4.91 Å². The Kier molecular flexibility index (Phi) is 9.71. The standard InChI is InChI=1S/C14H26BrNO/c1-4-5-6-7-9-14(2,3)10-8-13(11-15)12-16-17/h11H,4-10,12H2,1-3H3/b13-11-. The number of hydrogen-bond donors (Lipinski definition) is 0. The van der Waals surface area contributed by atoms with E-state index in [1.165, 1.54) is 32.1 Å². The van der Waals surface area contributed by atoms with E-state index in [0.717, 1.165) is 18.4 Å². The highest BCUT2D eigenvalue weighted by Crippen LogP contribution is 2.31. The summed E-state index contributed by atoms with van der Waals surface area (Å²) in [6.07, 6.45) is 8.68. The molecule has 0 heterocycles. The maximum Gasteiger partial charge on any atom is 0.103 e. The lowest BCUT2D eigenvalue weighted by atomic mass is 9.81. The summed E-state index contributed by atoms with van der Waals surface area (Å²) in [5, 5.41) is 2.95. The molecule has 2 nitrogen and oxygen atoms in total. The van der Waals surface area contributed by atoms with Gasteiger partial charge in [0.2, 0.25) is 0 Å².